The lowest BCUT2D eigenvalue weighted by Crippen LogP contribution is -2.14. The smallest absolute Gasteiger partial charge is 0.227 e. The number of benzene rings is 2. The zero-order valence-electron chi connectivity index (χ0n) is 12.4. The molecule has 0 aromatic heterocycles. The summed E-state index contributed by atoms with van der Waals surface area (Å²) >= 11 is 0. The minimum atomic E-state index is -0.261. The summed E-state index contributed by atoms with van der Waals surface area (Å²) in [5.74, 6) is 1.11. The van der Waals surface area contributed by atoms with Gasteiger partial charge in [0.15, 0.2) is 0 Å². The maximum absolute atomic E-state index is 12.8. The van der Waals surface area contributed by atoms with E-state index in [1.54, 1.807) is 18.2 Å². The largest absolute Gasteiger partial charge is 0.489 e. The summed E-state index contributed by atoms with van der Waals surface area (Å²) in [4.78, 5) is 11.9. The highest BCUT2D eigenvalue weighted by molar-refractivity contribution is 5.94. The first-order valence-corrected chi connectivity index (χ1v) is 7.40. The number of amides is 1. The molecule has 1 saturated carbocycles. The van der Waals surface area contributed by atoms with E-state index in [0.29, 0.717) is 18.3 Å². The highest BCUT2D eigenvalue weighted by atomic mass is 19.1. The summed E-state index contributed by atoms with van der Waals surface area (Å²) in [5, 5.41) is 2.91. The fourth-order valence-electron chi connectivity index (χ4n) is 2.33. The summed E-state index contributed by atoms with van der Waals surface area (Å²) in [5.41, 5.74) is 1.63. The quantitative estimate of drug-likeness (QED) is 0.906. The third-order valence-corrected chi connectivity index (χ3v) is 3.87. The van der Waals surface area contributed by atoms with Gasteiger partial charge in [-0.2, -0.15) is 0 Å². The Hall–Kier alpha value is -2.36. The molecule has 1 aliphatic carbocycles. The van der Waals surface area contributed by atoms with Crippen molar-refractivity contribution >= 4 is 11.6 Å². The Morgan fingerprint density at radius 3 is 2.68 bits per heavy atom. The average Bonchev–Trinajstić information content (AvgIpc) is 3.24. The Morgan fingerprint density at radius 1 is 1.27 bits per heavy atom. The molecule has 22 heavy (non-hydrogen) atoms. The maximum atomic E-state index is 12.8. The van der Waals surface area contributed by atoms with Gasteiger partial charge < -0.3 is 10.1 Å². The molecule has 1 aliphatic rings. The Morgan fingerprint density at radius 2 is 2.00 bits per heavy atom. The first-order chi connectivity index (χ1) is 10.6. The minimum absolute atomic E-state index is 0.0724. The number of carbonyl (C=O) groups is 1. The van der Waals surface area contributed by atoms with Crippen LogP contribution in [0.25, 0.3) is 0 Å². The van der Waals surface area contributed by atoms with Crippen LogP contribution >= 0.6 is 0 Å². The van der Waals surface area contributed by atoms with Gasteiger partial charge >= 0.3 is 0 Å². The standard InChI is InChI=1S/C18H18FNO2/c1-12-9-17(12)18(21)20-15-3-2-4-16(10-15)22-11-13-5-7-14(19)8-6-13/h2-8,10,12,17H,9,11H2,1H3,(H,20,21)/t12-,17-/m0/s1. The lowest BCUT2D eigenvalue weighted by atomic mass is 10.2. The van der Waals surface area contributed by atoms with E-state index in [0.717, 1.165) is 17.7 Å². The van der Waals surface area contributed by atoms with Gasteiger partial charge in [-0.3, -0.25) is 4.79 Å². The van der Waals surface area contributed by atoms with Crippen LogP contribution in [-0.2, 0) is 11.4 Å². The molecular formula is C18H18FNO2. The van der Waals surface area contributed by atoms with Crippen LogP contribution < -0.4 is 10.1 Å². The molecule has 1 amide bonds. The van der Waals surface area contributed by atoms with E-state index < -0.39 is 0 Å². The topological polar surface area (TPSA) is 38.3 Å². The number of hydrogen-bond donors (Lipinski definition) is 1. The van der Waals surface area contributed by atoms with E-state index in [1.807, 2.05) is 18.2 Å². The monoisotopic (exact) mass is 299 g/mol. The lowest BCUT2D eigenvalue weighted by Gasteiger charge is -2.09. The van der Waals surface area contributed by atoms with Crippen molar-refractivity contribution in [3.63, 3.8) is 0 Å². The van der Waals surface area contributed by atoms with E-state index in [2.05, 4.69) is 12.2 Å². The summed E-state index contributed by atoms with van der Waals surface area (Å²) in [6.07, 6.45) is 0.965. The third-order valence-electron chi connectivity index (χ3n) is 3.87. The molecule has 0 unspecified atom stereocenters. The van der Waals surface area contributed by atoms with Gasteiger partial charge in [-0.05, 0) is 42.2 Å². The van der Waals surface area contributed by atoms with Gasteiger partial charge in [0.1, 0.15) is 18.2 Å². The molecule has 4 heteroatoms. The molecule has 3 nitrogen and oxygen atoms in total. The molecule has 2 atom stereocenters. The van der Waals surface area contributed by atoms with Crippen molar-refractivity contribution < 1.29 is 13.9 Å². The van der Waals surface area contributed by atoms with Crippen LogP contribution in [-0.4, -0.2) is 5.91 Å². The van der Waals surface area contributed by atoms with Gasteiger partial charge in [0.25, 0.3) is 0 Å². The zero-order valence-corrected chi connectivity index (χ0v) is 12.4. The second-order valence-electron chi connectivity index (χ2n) is 5.75. The van der Waals surface area contributed by atoms with Crippen LogP contribution in [0.15, 0.2) is 48.5 Å². The molecule has 0 spiro atoms. The van der Waals surface area contributed by atoms with Crippen LogP contribution in [0.2, 0.25) is 0 Å². The van der Waals surface area contributed by atoms with Gasteiger partial charge in [-0.25, -0.2) is 4.39 Å². The molecular weight excluding hydrogens is 281 g/mol. The predicted molar refractivity (Wildman–Crippen MR) is 83.1 cm³/mol. The Bertz CT molecular complexity index is 669. The molecule has 2 aromatic carbocycles. The van der Waals surface area contributed by atoms with Crippen molar-refractivity contribution in [3.05, 3.63) is 59.9 Å². The van der Waals surface area contributed by atoms with Crippen molar-refractivity contribution in [3.8, 4) is 5.75 Å². The van der Waals surface area contributed by atoms with Gasteiger partial charge in [-0.1, -0.05) is 25.1 Å². The number of hydrogen-bond acceptors (Lipinski definition) is 2. The molecule has 2 aromatic rings. The van der Waals surface area contributed by atoms with Gasteiger partial charge in [0, 0.05) is 17.7 Å². The first kappa shape index (κ1) is 14.6. The van der Waals surface area contributed by atoms with Crippen LogP contribution in [0.1, 0.15) is 18.9 Å². The molecule has 0 aliphatic heterocycles. The second kappa shape index (κ2) is 6.18. The van der Waals surface area contributed by atoms with Crippen molar-refractivity contribution in [1.82, 2.24) is 0 Å². The molecule has 1 N–H and O–H groups in total. The molecule has 0 radical (unpaired) electrons. The Kier molecular flexibility index (Phi) is 4.09. The Labute approximate surface area is 129 Å². The van der Waals surface area contributed by atoms with E-state index in [4.69, 9.17) is 4.74 Å². The van der Waals surface area contributed by atoms with Gasteiger partial charge in [-0.15, -0.1) is 0 Å². The summed E-state index contributed by atoms with van der Waals surface area (Å²) in [6, 6.07) is 13.5. The number of ether oxygens (including phenoxy) is 1. The number of nitrogens with one attached hydrogen (secondary N) is 1. The number of carbonyl (C=O) groups excluding carboxylic acids is 1. The van der Waals surface area contributed by atoms with Crippen molar-refractivity contribution in [2.75, 3.05) is 5.32 Å². The Balaban J connectivity index is 1.58. The fraction of sp³-hybridized carbons (Fsp3) is 0.278. The molecule has 114 valence electrons. The van der Waals surface area contributed by atoms with Gasteiger partial charge in [0.05, 0.1) is 0 Å². The lowest BCUT2D eigenvalue weighted by molar-refractivity contribution is -0.117. The van der Waals surface area contributed by atoms with Crippen LogP contribution in [0.3, 0.4) is 0 Å². The van der Waals surface area contributed by atoms with Gasteiger partial charge in [0.2, 0.25) is 5.91 Å². The summed E-state index contributed by atoms with van der Waals surface area (Å²) in [7, 11) is 0. The number of halogens is 1. The van der Waals surface area contributed by atoms with Crippen molar-refractivity contribution in [1.29, 1.82) is 0 Å². The number of rotatable bonds is 5. The third kappa shape index (κ3) is 3.64. The van der Waals surface area contributed by atoms with E-state index in [-0.39, 0.29) is 17.6 Å². The van der Waals surface area contributed by atoms with E-state index >= 15 is 0 Å². The normalized spacial score (nSPS) is 19.5. The average molecular weight is 299 g/mol. The van der Waals surface area contributed by atoms with Crippen LogP contribution in [0.5, 0.6) is 5.75 Å². The maximum Gasteiger partial charge on any atom is 0.227 e. The molecule has 1 fully saturated rings. The molecule has 0 heterocycles. The van der Waals surface area contributed by atoms with Crippen LogP contribution in [0, 0.1) is 17.7 Å². The SMILES string of the molecule is C[C@H]1C[C@@H]1C(=O)Nc1cccc(OCc2ccc(F)cc2)c1. The predicted octanol–water partition coefficient (Wildman–Crippen LogP) is 4.00. The zero-order chi connectivity index (χ0) is 15.5. The van der Waals surface area contributed by atoms with Crippen molar-refractivity contribution in [2.24, 2.45) is 11.8 Å². The molecule has 3 rings (SSSR count). The minimum Gasteiger partial charge on any atom is -0.489 e. The molecule has 0 bridgehead atoms. The number of anilines is 1. The highest BCUT2D eigenvalue weighted by Gasteiger charge is 2.39. The van der Waals surface area contributed by atoms with E-state index in [9.17, 15) is 9.18 Å². The fourth-order valence-corrected chi connectivity index (χ4v) is 2.33. The van der Waals surface area contributed by atoms with E-state index in [1.165, 1.54) is 12.1 Å². The molecule has 0 saturated heterocycles. The second-order valence-corrected chi connectivity index (χ2v) is 5.75. The first-order valence-electron chi connectivity index (χ1n) is 7.40. The van der Waals surface area contributed by atoms with Crippen LogP contribution in [0.4, 0.5) is 10.1 Å². The van der Waals surface area contributed by atoms with Crippen molar-refractivity contribution in [2.45, 2.75) is 20.0 Å². The summed E-state index contributed by atoms with van der Waals surface area (Å²) < 4.78 is 18.5. The summed E-state index contributed by atoms with van der Waals surface area (Å²) in [6.45, 7) is 2.43. The highest BCUT2D eigenvalue weighted by Crippen LogP contribution is 2.38.